The number of rotatable bonds is 10. The molecular formula is C55H50IN25O9S4U2V2W2. The topological polar surface area (TPSA) is 516 Å². The molecule has 0 saturated heterocycles. The number of amides is 1. The number of carboxylic acids is 1. The Morgan fingerprint density at radius 3 is 1.62 bits per heavy atom. The smallest absolute Gasteiger partial charge is 0.307 e. The Morgan fingerprint density at radius 1 is 0.680 bits per heavy atom. The Hall–Kier alpha value is -6.93. The molecule has 11 aromatic heterocycles. The number of carboxylic acid groups (broad SMARTS) is 1. The van der Waals surface area contributed by atoms with Gasteiger partial charge in [-0.25, -0.2) is 54.1 Å². The number of nitrogens with one attached hydrogen (secondary N) is 6. The summed E-state index contributed by atoms with van der Waals surface area (Å²) in [5.74, 6) is 5.07. The Balaban J connectivity index is 0.000000599. The maximum Gasteiger partial charge on any atom is 0.307 e. The van der Waals surface area contributed by atoms with E-state index < -0.39 is 16.0 Å². The second-order valence-electron chi connectivity index (χ2n) is 18.0. The number of benzene rings is 3. The third kappa shape index (κ3) is 27.1. The van der Waals surface area contributed by atoms with E-state index in [0.717, 1.165) is 85.4 Å². The normalized spacial score (nSPS) is 9.64. The molecule has 0 bridgehead atoms. The Morgan fingerprint density at radius 2 is 1.14 bits per heavy atom. The van der Waals surface area contributed by atoms with Gasteiger partial charge in [0.2, 0.25) is 16.2 Å². The van der Waals surface area contributed by atoms with Crippen molar-refractivity contribution in [2.75, 3.05) is 31.5 Å². The van der Waals surface area contributed by atoms with Gasteiger partial charge in [-0.15, -0.1) is 29.6 Å². The van der Waals surface area contributed by atoms with Gasteiger partial charge in [-0.2, -0.15) is 5.26 Å². The number of ether oxygens (including phenoxy) is 2. The zero-order valence-electron chi connectivity index (χ0n) is 51.6. The number of halogens is 1. The van der Waals surface area contributed by atoms with Gasteiger partial charge < -0.3 is 56.7 Å². The van der Waals surface area contributed by atoms with Crippen LogP contribution in [0.1, 0.15) is 16.7 Å². The van der Waals surface area contributed by atoms with Crippen LogP contribution < -0.4 is 37.5 Å². The van der Waals surface area contributed by atoms with Gasteiger partial charge in [-0.05, 0) is 82.3 Å². The predicted molar refractivity (Wildman–Crippen MR) is 363 cm³/mol. The number of H-pyrrole nitrogens is 4. The van der Waals surface area contributed by atoms with Gasteiger partial charge in [0, 0.05) is 226 Å². The van der Waals surface area contributed by atoms with Crippen LogP contribution in [0.15, 0.2) is 148 Å². The molecule has 11 heterocycles. The van der Waals surface area contributed by atoms with Gasteiger partial charge >= 0.3 is 5.97 Å². The van der Waals surface area contributed by atoms with E-state index in [1.807, 2.05) is 54.4 Å². The van der Waals surface area contributed by atoms with Crippen molar-refractivity contribution < 1.29 is 174 Å². The van der Waals surface area contributed by atoms with Gasteiger partial charge in [-0.3, -0.25) is 9.59 Å². The maximum atomic E-state index is 12.3. The van der Waals surface area contributed by atoms with Gasteiger partial charge in [0.15, 0.2) is 15.1 Å². The van der Waals surface area contributed by atoms with E-state index in [1.165, 1.54) is 48.0 Å². The number of hydrogen-bond acceptors (Lipinski definition) is 28. The number of nitrogens with two attached hydrogens (primary N) is 3. The first-order valence-electron chi connectivity index (χ1n) is 26.2. The number of methoxy groups -OCH3 is 2. The molecule has 14 rings (SSSR count). The van der Waals surface area contributed by atoms with Gasteiger partial charge in [0.05, 0.1) is 49.7 Å². The van der Waals surface area contributed by atoms with Crippen molar-refractivity contribution in [3.63, 3.8) is 0 Å². The average Bonchev–Trinajstić information content (AvgIpc) is 1.71. The van der Waals surface area contributed by atoms with Crippen LogP contribution in [0, 0.1) is 87.1 Å². The van der Waals surface area contributed by atoms with Crippen molar-refractivity contribution in [3.8, 4) is 38.7 Å². The summed E-state index contributed by atoms with van der Waals surface area (Å²) in [5, 5.41) is 49.2. The Labute approximate surface area is 693 Å². The molecule has 0 aliphatic heterocycles. The number of thiocarbonyl (C=S) groups is 1. The first-order chi connectivity index (χ1) is 45.4. The van der Waals surface area contributed by atoms with Gasteiger partial charge in [0.25, 0.3) is 10.0 Å². The molecule has 510 valence electrons. The molecule has 34 nitrogen and oxygen atoms in total. The fourth-order valence-corrected chi connectivity index (χ4v) is 10.4. The van der Waals surface area contributed by atoms with Crippen LogP contribution in [-0.2, 0) is 112 Å². The third-order valence-electron chi connectivity index (χ3n) is 11.8. The summed E-state index contributed by atoms with van der Waals surface area (Å²) >= 11 is 9.12. The molecule has 0 aliphatic carbocycles. The van der Waals surface area contributed by atoms with Gasteiger partial charge in [-0.1, -0.05) is 64.3 Å². The molecule has 0 spiro atoms. The number of nitrogens with zero attached hydrogens (tertiary/aromatic N) is 16. The van der Waals surface area contributed by atoms with Crippen LogP contribution in [0.3, 0.4) is 0 Å². The number of anilines is 2. The fourth-order valence-electron chi connectivity index (χ4n) is 7.76. The summed E-state index contributed by atoms with van der Waals surface area (Å²) in [4.78, 5) is 80.5. The van der Waals surface area contributed by atoms with E-state index in [-0.39, 0.29) is 165 Å². The van der Waals surface area contributed by atoms with Crippen LogP contribution >= 0.6 is 57.5 Å². The zero-order valence-corrected chi connectivity index (χ0v) is 74.0. The van der Waals surface area contributed by atoms with Crippen LogP contribution in [0.5, 0.6) is 11.5 Å². The molecule has 14 aromatic rings. The van der Waals surface area contributed by atoms with Crippen molar-refractivity contribution in [2.45, 2.75) is 12.8 Å². The quantitative estimate of drug-likeness (QED) is 0.0305. The standard InChI is InChI=1S/C17H14N6O2S.C9H10O3.C8H6N6S.C7H4N4.C7H7N3O2S.C6H4IN3.CH5N3S.O2.2U.2V.2W/c1-25-11-4-2-3-10(5-11)6-14(24)21-17-23-22-16(26-17)13-8-19-15-12(13)7-18-9-20-15;1-12-8-4-2-3-7(5-8)6-9(10)11;9-8-14-13-7(15-8)5-2-11-6-4(5)1-10-3-12-6;8-1-5-2-10-7-6(5)3-9-4-11-7;1-13(11,12)10-7-5-3-2-4-6(7)8-9-10;7-5-2-9-6-4(5)1-8-3-10-6;2-1(5)4-3;1-2;;;;;;/h2-5,7-9H,6H2,1H3,(H,18,19,20)(H,21,23,24);2-5H,6H2,1H3,(H,10,11);1-3H,(H2,9,14)(H,10,11,12);2-4H,(H,9,10,11);2-5H,1H3;1-3H,(H,8,9,10);3H2,(H3,2,4,5);;;;;;;. The number of carbonyl (C=O) groups is 2. The van der Waals surface area contributed by atoms with E-state index in [2.05, 4.69) is 136 Å². The number of aromatic nitrogens is 19. The zero-order chi connectivity index (χ0) is 67.6. The van der Waals surface area contributed by atoms with Crippen molar-refractivity contribution in [2.24, 2.45) is 11.6 Å². The number of carbonyl (C=O) groups excluding carboxylic acids is 1. The van der Waals surface area contributed by atoms with Crippen LogP contribution in [0.4, 0.5) is 10.3 Å². The molecule has 0 atom stereocenters. The predicted octanol–water partition coefficient (Wildman–Crippen LogP) is 6.43. The number of aromatic amines is 4. The summed E-state index contributed by atoms with van der Waals surface area (Å²) < 4.78 is 34.5. The number of hydrogen-bond donors (Lipinski definition) is 10. The van der Waals surface area contributed by atoms with E-state index in [1.54, 1.807) is 93.7 Å². The molecule has 0 saturated carbocycles. The summed E-state index contributed by atoms with van der Waals surface area (Å²) in [5.41, 5.74) is 20.5. The monoisotopic (exact) mass is 2410 g/mol. The van der Waals surface area contributed by atoms with Crippen molar-refractivity contribution in [1.82, 2.24) is 100 Å². The SMILES string of the molecule is COc1cccc(CC(=O)Nc2nnc(-c3c[nH]c4ncncc34)s2)c1.COc1cccc(CC(=O)O)c1.CS(=O)(=O)n1nnc2ccccc21.Ic1c[nH]c2ncncc12.N#Cc1c[nH]c2ncncc12.NNC(N)=S.Nc1nnc(-c2c[nH]c3ncncc23)s1.O=O.[U].[U].[V].[V].[W].[W]. The first-order valence-corrected chi connectivity index (χ1v) is 31.2. The first kappa shape index (κ1) is 91.1. The van der Waals surface area contributed by atoms with E-state index in [0.29, 0.717) is 43.3 Å². The number of nitrogen functional groups attached to an aromatic ring is 1. The molecule has 3 aromatic carbocycles. The average molecular weight is 2410 g/mol. The third-order valence-corrected chi connectivity index (χ3v) is 15.4. The minimum atomic E-state index is -3.34. The van der Waals surface area contributed by atoms with Crippen molar-refractivity contribution in [1.29, 1.82) is 5.26 Å². The second-order valence-corrected chi connectivity index (χ2v) is 23.4. The minimum Gasteiger partial charge on any atom is -0.497 e. The molecular weight excluding hydrogens is 2360 g/mol. The molecule has 45 heteroatoms. The number of hydrazine groups is 1. The van der Waals surface area contributed by atoms with Crippen LogP contribution in [0.2, 0.25) is 0 Å². The molecule has 0 fully saturated rings. The number of fused-ring (bicyclic) bond motifs is 5. The van der Waals surface area contributed by atoms with Crippen LogP contribution in [-0.4, -0.2) is 146 Å². The fraction of sp³-hybridized carbons (Fsp3) is 0.0909. The summed E-state index contributed by atoms with van der Waals surface area (Å²) in [6.45, 7) is 0. The number of nitriles is 1. The minimum absolute atomic E-state index is 0. The van der Waals surface area contributed by atoms with Crippen molar-refractivity contribution in [3.05, 3.63) is 178 Å². The maximum absolute atomic E-state index is 12.3. The summed E-state index contributed by atoms with van der Waals surface area (Å²) in [6, 6.07) is 23.4. The van der Waals surface area contributed by atoms with Gasteiger partial charge in [0.1, 0.15) is 76.5 Å². The van der Waals surface area contributed by atoms with Crippen molar-refractivity contribution >= 4 is 150 Å². The van der Waals surface area contributed by atoms with E-state index in [9.17, 15) is 18.0 Å². The molecule has 1 amide bonds. The number of aliphatic carboxylic acids is 1. The number of para-hydroxylation sites is 1. The molecule has 0 aliphatic rings. The van der Waals surface area contributed by atoms with E-state index >= 15 is 0 Å². The largest absolute Gasteiger partial charge is 0.497 e. The molecule has 100 heavy (non-hydrogen) atoms. The summed E-state index contributed by atoms with van der Waals surface area (Å²) in [7, 11) is -0.193. The molecule has 0 unspecified atom stereocenters. The Kier molecular flexibility index (Phi) is 42.4. The molecule has 2 radical (unpaired) electrons. The summed E-state index contributed by atoms with van der Waals surface area (Å²) in [6.07, 6.45) is 21.4. The van der Waals surface area contributed by atoms with Crippen LogP contribution in [0.25, 0.3) is 76.3 Å². The molecule has 13 N–H and O–H groups in total. The Bertz CT molecular complexity index is 5010. The van der Waals surface area contributed by atoms with E-state index in [4.69, 9.17) is 41.2 Å². The second kappa shape index (κ2) is 46.6.